The fourth-order valence-corrected chi connectivity index (χ4v) is 9.06. The van der Waals surface area contributed by atoms with Crippen molar-refractivity contribution in [3.05, 3.63) is 59.5 Å². The molecule has 16 heteroatoms. The van der Waals surface area contributed by atoms with E-state index in [9.17, 15) is 9.18 Å². The highest BCUT2D eigenvalue weighted by Crippen LogP contribution is 2.51. The fraction of sp³-hybridized carbons (Fsp3) is 0.444. The fourth-order valence-electron chi connectivity index (χ4n) is 8.12. The van der Waals surface area contributed by atoms with Crippen molar-refractivity contribution in [3.8, 4) is 17.1 Å². The summed E-state index contributed by atoms with van der Waals surface area (Å²) in [7, 11) is 1.65. The Hall–Kier alpha value is -4.59. The number of thiophene rings is 1. The normalized spacial score (nSPS) is 23.7. The summed E-state index contributed by atoms with van der Waals surface area (Å²) in [5, 5.41) is -0.545. The lowest BCUT2D eigenvalue weighted by molar-refractivity contribution is -0.137. The number of hydrogen-bond acceptors (Lipinski definition) is 9. The average Bonchev–Trinajstić information content (AvgIpc) is 3.78. The van der Waals surface area contributed by atoms with E-state index in [1.165, 1.54) is 6.08 Å². The van der Waals surface area contributed by atoms with Gasteiger partial charge >= 0.3 is 12.2 Å². The summed E-state index contributed by atoms with van der Waals surface area (Å²) < 4.78 is 89.2. The van der Waals surface area contributed by atoms with Crippen LogP contribution in [0.3, 0.4) is 0 Å². The number of aromatic nitrogens is 2. The van der Waals surface area contributed by atoms with E-state index in [2.05, 4.69) is 26.3 Å². The minimum atomic E-state index is -5.10. The van der Waals surface area contributed by atoms with Gasteiger partial charge in [-0.15, -0.1) is 11.3 Å². The molecule has 5 heterocycles. The molecule has 0 unspecified atom stereocenters. The van der Waals surface area contributed by atoms with E-state index in [1.54, 1.807) is 30.8 Å². The van der Waals surface area contributed by atoms with Crippen LogP contribution in [0.25, 0.3) is 37.0 Å². The lowest BCUT2D eigenvalue weighted by Crippen LogP contribution is -2.58. The van der Waals surface area contributed by atoms with Crippen molar-refractivity contribution in [3.63, 3.8) is 0 Å². The number of carbonyl (C=O) groups is 1. The van der Waals surface area contributed by atoms with Gasteiger partial charge in [0.1, 0.15) is 23.8 Å². The molecule has 0 bridgehead atoms. The van der Waals surface area contributed by atoms with Crippen LogP contribution in [0, 0.1) is 18.2 Å². The molecule has 0 saturated carbocycles. The largest absolute Gasteiger partial charge is 0.461 e. The second-order valence-electron chi connectivity index (χ2n) is 13.7. The van der Waals surface area contributed by atoms with Crippen molar-refractivity contribution >= 4 is 54.7 Å². The van der Waals surface area contributed by atoms with E-state index >= 15 is 17.6 Å². The number of rotatable bonds is 7. The number of fused-ring (bicyclic) bond motifs is 3. The van der Waals surface area contributed by atoms with Gasteiger partial charge in [0.2, 0.25) is 11.6 Å². The first kappa shape index (κ1) is 35.8. The third kappa shape index (κ3) is 5.79. The van der Waals surface area contributed by atoms with E-state index in [0.29, 0.717) is 17.8 Å². The van der Waals surface area contributed by atoms with Gasteiger partial charge in [-0.25, -0.2) is 13.6 Å². The number of nitrogens with zero attached hydrogens (tertiary/aromatic N) is 6. The molecule has 2 N–H and O–H groups in total. The van der Waals surface area contributed by atoms with Gasteiger partial charge in [0, 0.05) is 55.2 Å². The smallest absolute Gasteiger partial charge is 0.417 e. The van der Waals surface area contributed by atoms with Gasteiger partial charge in [0.05, 0.1) is 33.5 Å². The quantitative estimate of drug-likeness (QED) is 0.121. The number of anilines is 2. The molecule has 10 nitrogen and oxygen atoms in total. The summed E-state index contributed by atoms with van der Waals surface area (Å²) in [5.74, 6) is -2.43. The van der Waals surface area contributed by atoms with E-state index in [4.69, 9.17) is 21.8 Å². The Morgan fingerprint density at radius 1 is 1.21 bits per heavy atom. The summed E-state index contributed by atoms with van der Waals surface area (Å²) in [6, 6.07) is 1.66. The number of nitrogen functional groups attached to an aromatic ring is 1. The van der Waals surface area contributed by atoms with Crippen molar-refractivity contribution < 1.29 is 36.2 Å². The molecule has 2 aromatic carbocycles. The van der Waals surface area contributed by atoms with E-state index < -0.39 is 46.5 Å². The van der Waals surface area contributed by atoms with Crippen LogP contribution >= 0.6 is 11.3 Å². The summed E-state index contributed by atoms with van der Waals surface area (Å²) in [4.78, 5) is 30.7. The summed E-state index contributed by atoms with van der Waals surface area (Å²) >= 11 is 0.703. The summed E-state index contributed by atoms with van der Waals surface area (Å²) in [6.45, 7) is 16.9. The highest BCUT2D eigenvalue weighted by molar-refractivity contribution is 7.23. The van der Waals surface area contributed by atoms with Crippen LogP contribution in [-0.4, -0.2) is 89.3 Å². The van der Waals surface area contributed by atoms with Gasteiger partial charge in [0.25, 0.3) is 0 Å². The molecule has 3 aliphatic heterocycles. The number of halogens is 5. The number of alkyl halides is 3. The van der Waals surface area contributed by atoms with Crippen LogP contribution in [0.1, 0.15) is 38.7 Å². The Balaban J connectivity index is 1.45. The number of benzene rings is 2. The topological polar surface area (TPSA) is 101 Å². The Labute approximate surface area is 300 Å². The minimum absolute atomic E-state index is 0.00582. The third-order valence-electron chi connectivity index (χ3n) is 10.7. The number of ether oxygens (including phenoxy) is 2. The molecule has 4 aromatic rings. The van der Waals surface area contributed by atoms with Crippen LogP contribution in [0.4, 0.5) is 38.5 Å². The molecule has 3 fully saturated rings. The highest BCUT2D eigenvalue weighted by atomic mass is 32.1. The molecular weight excluding hydrogens is 705 g/mol. The molecule has 274 valence electrons. The molecule has 2 aromatic heterocycles. The van der Waals surface area contributed by atoms with Gasteiger partial charge in [-0.1, -0.05) is 12.6 Å². The first-order valence-electron chi connectivity index (χ1n) is 16.8. The van der Waals surface area contributed by atoms with E-state index in [1.807, 2.05) is 0 Å². The van der Waals surface area contributed by atoms with Gasteiger partial charge in [-0.3, -0.25) is 9.69 Å². The molecule has 1 amide bonds. The predicted octanol–water partition coefficient (Wildman–Crippen LogP) is 7.19. The van der Waals surface area contributed by atoms with Gasteiger partial charge in [0.15, 0.2) is 5.82 Å². The van der Waals surface area contributed by atoms with Crippen molar-refractivity contribution in [2.75, 3.05) is 50.5 Å². The second kappa shape index (κ2) is 13.1. The maximum Gasteiger partial charge on any atom is 0.417 e. The lowest BCUT2D eigenvalue weighted by atomic mass is 9.93. The predicted molar refractivity (Wildman–Crippen MR) is 189 cm³/mol. The maximum absolute atomic E-state index is 17.2. The number of hydrogen-bond donors (Lipinski definition) is 1. The first-order chi connectivity index (χ1) is 24.7. The molecule has 52 heavy (non-hydrogen) atoms. The van der Waals surface area contributed by atoms with Crippen molar-refractivity contribution in [2.24, 2.45) is 0 Å². The number of methoxy groups -OCH3 is 1. The third-order valence-corrected chi connectivity index (χ3v) is 11.7. The van der Waals surface area contributed by atoms with Gasteiger partial charge in [-0.05, 0) is 63.4 Å². The first-order valence-corrected chi connectivity index (χ1v) is 17.6. The zero-order valence-corrected chi connectivity index (χ0v) is 29.5. The van der Waals surface area contributed by atoms with Crippen LogP contribution in [0.2, 0.25) is 0 Å². The maximum atomic E-state index is 17.2. The minimum Gasteiger partial charge on any atom is -0.461 e. The molecule has 7 rings (SSSR count). The Morgan fingerprint density at radius 2 is 1.98 bits per heavy atom. The van der Waals surface area contributed by atoms with Crippen molar-refractivity contribution in [1.29, 1.82) is 0 Å². The molecule has 0 spiro atoms. The average molecular weight is 742 g/mol. The molecule has 3 saturated heterocycles. The van der Waals surface area contributed by atoms with Crippen LogP contribution in [0.15, 0.2) is 30.9 Å². The highest BCUT2D eigenvalue weighted by Gasteiger charge is 2.49. The van der Waals surface area contributed by atoms with Gasteiger partial charge in [-0.2, -0.15) is 23.1 Å². The Bertz CT molecular complexity index is 2150. The summed E-state index contributed by atoms with van der Waals surface area (Å²) in [5.41, 5.74) is 2.30. The zero-order chi connectivity index (χ0) is 37.3. The number of nitrogens with two attached hydrogens (primary N) is 1. The molecular formula is C36H36F5N7O3S. The Kier molecular flexibility index (Phi) is 9.03. The van der Waals surface area contributed by atoms with E-state index in [0.717, 1.165) is 44.1 Å². The van der Waals surface area contributed by atoms with Crippen molar-refractivity contribution in [2.45, 2.75) is 63.0 Å². The second-order valence-corrected chi connectivity index (χ2v) is 14.8. The number of amides is 1. The SMILES string of the molecule is [C-]#[N+]c1c(N)sc2c(F)ccc(-c3c(C(F)(F)F)cc4c(N5C[C@@H](C)N(C(=O)C=C)C[C@@H]5C)nc(OC[C@@]56CCCN5C[C@H](OC)C6)nc4c3F)c12. The zero-order valence-electron chi connectivity index (χ0n) is 28.7. The Morgan fingerprint density at radius 3 is 2.67 bits per heavy atom. The number of carbonyl (C=O) groups excluding carboxylic acids is 1. The van der Waals surface area contributed by atoms with Crippen LogP contribution in [0.5, 0.6) is 6.01 Å². The molecule has 3 aliphatic rings. The van der Waals surface area contributed by atoms with E-state index in [-0.39, 0.29) is 80.8 Å². The van der Waals surface area contributed by atoms with Crippen LogP contribution in [-0.2, 0) is 15.7 Å². The monoisotopic (exact) mass is 741 g/mol. The lowest BCUT2D eigenvalue weighted by Gasteiger charge is -2.44. The molecule has 0 aliphatic carbocycles. The molecule has 0 radical (unpaired) electrons. The standard InChI is InChI=1S/C36H36F5N7O3S/c1-6-25(49)47-14-19(3)48(15-18(47)2)33-22-12-23(36(39,40)41)26(21-8-9-24(37)31-27(21)30(43-4)32(42)52-31)28(38)29(22)44-34(45-33)51-17-35-10-7-11-46(35)16-20(13-35)50-5/h6,8-9,12,18-20H,1,7,10-11,13-17,42H2,2-3,5H3/t18-,19+,20-,35+/m1/s1. The number of piperazine rings is 1. The van der Waals surface area contributed by atoms with Gasteiger partial charge < -0.3 is 25.0 Å². The molecule has 4 atom stereocenters. The van der Waals surface area contributed by atoms with Crippen molar-refractivity contribution in [1.82, 2.24) is 19.8 Å². The van der Waals surface area contributed by atoms with Crippen LogP contribution < -0.4 is 15.4 Å². The summed E-state index contributed by atoms with van der Waals surface area (Å²) in [6.07, 6.45) is -1.45.